The highest BCUT2D eigenvalue weighted by Crippen LogP contribution is 2.10. The molecule has 0 fully saturated rings. The number of thiazole rings is 1. The number of hydrogen-bond acceptors (Lipinski definition) is 3. The first-order valence-electron chi connectivity index (χ1n) is 5.91. The SMILES string of the molecule is Cc1ccc(C)c(CNCCc2nccs2)c1. The first-order valence-corrected chi connectivity index (χ1v) is 6.79. The van der Waals surface area contributed by atoms with E-state index in [4.69, 9.17) is 0 Å². The third-order valence-corrected chi connectivity index (χ3v) is 3.66. The van der Waals surface area contributed by atoms with Gasteiger partial charge < -0.3 is 5.32 Å². The maximum Gasteiger partial charge on any atom is 0.0937 e. The Morgan fingerprint density at radius 2 is 2.18 bits per heavy atom. The van der Waals surface area contributed by atoms with Crippen LogP contribution < -0.4 is 5.32 Å². The van der Waals surface area contributed by atoms with Crippen LogP contribution in [-0.2, 0) is 13.0 Å². The quantitative estimate of drug-likeness (QED) is 0.820. The highest BCUT2D eigenvalue weighted by molar-refractivity contribution is 7.09. The number of benzene rings is 1. The smallest absolute Gasteiger partial charge is 0.0937 e. The third-order valence-electron chi connectivity index (χ3n) is 2.82. The fourth-order valence-electron chi connectivity index (χ4n) is 1.79. The molecule has 0 saturated carbocycles. The molecule has 0 saturated heterocycles. The molecule has 1 N–H and O–H groups in total. The Labute approximate surface area is 107 Å². The van der Waals surface area contributed by atoms with Crippen LogP contribution in [0.5, 0.6) is 0 Å². The van der Waals surface area contributed by atoms with E-state index in [9.17, 15) is 0 Å². The van der Waals surface area contributed by atoms with Crippen LogP contribution in [0.15, 0.2) is 29.8 Å². The average Bonchev–Trinajstić information content (AvgIpc) is 2.82. The van der Waals surface area contributed by atoms with Gasteiger partial charge in [0.05, 0.1) is 5.01 Å². The number of nitrogens with one attached hydrogen (secondary N) is 1. The summed E-state index contributed by atoms with van der Waals surface area (Å²) in [6.07, 6.45) is 2.88. The fraction of sp³-hybridized carbons (Fsp3) is 0.357. The summed E-state index contributed by atoms with van der Waals surface area (Å²) < 4.78 is 0. The van der Waals surface area contributed by atoms with E-state index in [1.54, 1.807) is 11.3 Å². The predicted octanol–water partition coefficient (Wildman–Crippen LogP) is 3.09. The van der Waals surface area contributed by atoms with Gasteiger partial charge in [-0.2, -0.15) is 0 Å². The van der Waals surface area contributed by atoms with Gasteiger partial charge >= 0.3 is 0 Å². The van der Waals surface area contributed by atoms with Crippen molar-refractivity contribution in [1.29, 1.82) is 0 Å². The van der Waals surface area contributed by atoms with Crippen LogP contribution in [0.3, 0.4) is 0 Å². The number of rotatable bonds is 5. The van der Waals surface area contributed by atoms with E-state index in [1.165, 1.54) is 21.7 Å². The molecule has 1 aromatic carbocycles. The lowest BCUT2D eigenvalue weighted by atomic mass is 10.1. The zero-order chi connectivity index (χ0) is 12.1. The van der Waals surface area contributed by atoms with Crippen LogP contribution >= 0.6 is 11.3 Å². The molecule has 0 unspecified atom stereocenters. The molecule has 0 aliphatic carbocycles. The molecular weight excluding hydrogens is 228 g/mol. The van der Waals surface area contributed by atoms with E-state index in [0.29, 0.717) is 0 Å². The molecule has 0 atom stereocenters. The van der Waals surface area contributed by atoms with E-state index < -0.39 is 0 Å². The van der Waals surface area contributed by atoms with Crippen LogP contribution in [0.1, 0.15) is 21.7 Å². The third kappa shape index (κ3) is 3.65. The summed E-state index contributed by atoms with van der Waals surface area (Å²) >= 11 is 1.72. The second-order valence-corrected chi connectivity index (χ2v) is 5.26. The summed E-state index contributed by atoms with van der Waals surface area (Å²) in [6.45, 7) is 6.23. The first-order chi connectivity index (χ1) is 8.25. The van der Waals surface area contributed by atoms with Gasteiger partial charge in [-0.1, -0.05) is 23.8 Å². The Hall–Kier alpha value is -1.19. The van der Waals surface area contributed by atoms with Crippen LogP contribution in [0, 0.1) is 13.8 Å². The molecular formula is C14H18N2S. The lowest BCUT2D eigenvalue weighted by Crippen LogP contribution is -2.17. The Kier molecular flexibility index (Phi) is 4.29. The topological polar surface area (TPSA) is 24.9 Å². The minimum Gasteiger partial charge on any atom is -0.312 e. The van der Waals surface area contributed by atoms with Crippen molar-refractivity contribution >= 4 is 11.3 Å². The van der Waals surface area contributed by atoms with Crippen molar-refractivity contribution in [3.05, 3.63) is 51.5 Å². The van der Waals surface area contributed by atoms with Gasteiger partial charge in [-0.25, -0.2) is 4.98 Å². The number of hydrogen-bond donors (Lipinski definition) is 1. The average molecular weight is 246 g/mol. The number of nitrogens with zero attached hydrogens (tertiary/aromatic N) is 1. The first kappa shape index (κ1) is 12.3. The summed E-state index contributed by atoms with van der Waals surface area (Å²) in [6, 6.07) is 6.60. The molecule has 3 heteroatoms. The molecule has 2 rings (SSSR count). The molecule has 2 nitrogen and oxygen atoms in total. The maximum absolute atomic E-state index is 4.27. The van der Waals surface area contributed by atoms with Crippen LogP contribution in [0.4, 0.5) is 0 Å². The van der Waals surface area contributed by atoms with Gasteiger partial charge in [0.15, 0.2) is 0 Å². The van der Waals surface area contributed by atoms with Crippen molar-refractivity contribution in [2.75, 3.05) is 6.54 Å². The second-order valence-electron chi connectivity index (χ2n) is 4.28. The van der Waals surface area contributed by atoms with E-state index in [0.717, 1.165) is 19.5 Å². The minimum atomic E-state index is 0.943. The normalized spacial score (nSPS) is 10.7. The van der Waals surface area contributed by atoms with E-state index in [1.807, 2.05) is 11.6 Å². The molecule has 0 aliphatic rings. The predicted molar refractivity (Wildman–Crippen MR) is 73.4 cm³/mol. The van der Waals surface area contributed by atoms with Gasteiger partial charge in [-0.05, 0) is 25.0 Å². The molecule has 0 amide bonds. The molecule has 2 aromatic rings. The van der Waals surface area contributed by atoms with E-state index >= 15 is 0 Å². The van der Waals surface area contributed by atoms with Gasteiger partial charge in [0.1, 0.15) is 0 Å². The van der Waals surface area contributed by atoms with Crippen molar-refractivity contribution < 1.29 is 0 Å². The van der Waals surface area contributed by atoms with Crippen molar-refractivity contribution in [2.45, 2.75) is 26.8 Å². The van der Waals surface area contributed by atoms with Gasteiger partial charge in [0, 0.05) is 31.1 Å². The van der Waals surface area contributed by atoms with Crippen LogP contribution in [-0.4, -0.2) is 11.5 Å². The van der Waals surface area contributed by atoms with Gasteiger partial charge in [0.2, 0.25) is 0 Å². The van der Waals surface area contributed by atoms with Crippen molar-refractivity contribution in [3.8, 4) is 0 Å². The summed E-state index contributed by atoms with van der Waals surface area (Å²) in [7, 11) is 0. The zero-order valence-corrected chi connectivity index (χ0v) is 11.2. The lowest BCUT2D eigenvalue weighted by Gasteiger charge is -2.08. The Morgan fingerprint density at radius 3 is 2.94 bits per heavy atom. The summed E-state index contributed by atoms with van der Waals surface area (Å²) in [5.74, 6) is 0. The lowest BCUT2D eigenvalue weighted by molar-refractivity contribution is 0.682. The molecule has 0 bridgehead atoms. The maximum atomic E-state index is 4.27. The Morgan fingerprint density at radius 1 is 1.29 bits per heavy atom. The van der Waals surface area contributed by atoms with Gasteiger partial charge in [-0.3, -0.25) is 0 Å². The molecule has 1 heterocycles. The van der Waals surface area contributed by atoms with Gasteiger partial charge in [0.25, 0.3) is 0 Å². The molecule has 17 heavy (non-hydrogen) atoms. The van der Waals surface area contributed by atoms with Crippen LogP contribution in [0.2, 0.25) is 0 Å². The monoisotopic (exact) mass is 246 g/mol. The summed E-state index contributed by atoms with van der Waals surface area (Å²) in [5, 5.41) is 6.71. The molecule has 0 radical (unpaired) electrons. The van der Waals surface area contributed by atoms with Crippen molar-refractivity contribution in [1.82, 2.24) is 10.3 Å². The molecule has 1 aromatic heterocycles. The number of aryl methyl sites for hydroxylation is 2. The highest BCUT2D eigenvalue weighted by atomic mass is 32.1. The second kappa shape index (κ2) is 5.94. The molecule has 90 valence electrons. The molecule has 0 spiro atoms. The summed E-state index contributed by atoms with van der Waals surface area (Å²) in [4.78, 5) is 4.27. The van der Waals surface area contributed by atoms with Crippen molar-refractivity contribution in [3.63, 3.8) is 0 Å². The number of aromatic nitrogens is 1. The highest BCUT2D eigenvalue weighted by Gasteiger charge is 1.99. The van der Waals surface area contributed by atoms with Crippen molar-refractivity contribution in [2.24, 2.45) is 0 Å². The minimum absolute atomic E-state index is 0.943. The summed E-state index contributed by atoms with van der Waals surface area (Å²) in [5.41, 5.74) is 4.08. The fourth-order valence-corrected chi connectivity index (χ4v) is 2.41. The zero-order valence-electron chi connectivity index (χ0n) is 10.4. The Bertz CT molecular complexity index is 463. The van der Waals surface area contributed by atoms with Gasteiger partial charge in [-0.15, -0.1) is 11.3 Å². The van der Waals surface area contributed by atoms with Crippen LogP contribution in [0.25, 0.3) is 0 Å². The standard InChI is InChI=1S/C14H18N2S/c1-11-3-4-12(2)13(9-11)10-15-6-5-14-16-7-8-17-14/h3-4,7-9,15H,5-6,10H2,1-2H3. The Balaban J connectivity index is 1.80. The van der Waals surface area contributed by atoms with E-state index in [-0.39, 0.29) is 0 Å². The molecule has 0 aliphatic heterocycles. The largest absolute Gasteiger partial charge is 0.312 e. The van der Waals surface area contributed by atoms with E-state index in [2.05, 4.69) is 42.3 Å².